The Balaban J connectivity index is 1.67. The van der Waals surface area contributed by atoms with Gasteiger partial charge in [0, 0.05) is 5.56 Å². The molecule has 2 aromatic rings. The number of rotatable bonds is 5. The van der Waals surface area contributed by atoms with Crippen LogP contribution in [0.3, 0.4) is 0 Å². The molecule has 2 heterocycles. The van der Waals surface area contributed by atoms with Gasteiger partial charge in [0.05, 0.1) is 13.2 Å². The molecule has 2 saturated heterocycles. The summed E-state index contributed by atoms with van der Waals surface area (Å²) in [6, 6.07) is 13.5. The third-order valence-electron chi connectivity index (χ3n) is 5.97. The van der Waals surface area contributed by atoms with E-state index in [1.54, 1.807) is 6.07 Å². The number of ether oxygens (including phenoxy) is 3. The molecule has 30 heavy (non-hydrogen) atoms. The van der Waals surface area contributed by atoms with Crippen LogP contribution in [0.4, 0.5) is 0 Å². The first-order valence-electron chi connectivity index (χ1n) is 10.0. The monoisotopic (exact) mass is 410 g/mol. The van der Waals surface area contributed by atoms with E-state index in [1.807, 2.05) is 50.2 Å². The molecule has 2 aliphatic heterocycles. The summed E-state index contributed by atoms with van der Waals surface area (Å²) < 4.78 is 17.3. The molecule has 6 nitrogen and oxygen atoms in total. The summed E-state index contributed by atoms with van der Waals surface area (Å²) in [5.74, 6) is 1.59. The van der Waals surface area contributed by atoms with E-state index in [4.69, 9.17) is 20.6 Å². The largest absolute Gasteiger partial charge is 0.494 e. The number of hydrogen-bond donors (Lipinski definition) is 3. The van der Waals surface area contributed by atoms with Gasteiger partial charge in [0.15, 0.2) is 5.60 Å². The van der Waals surface area contributed by atoms with Crippen LogP contribution < -0.4 is 4.74 Å². The molecular weight excluding hydrogens is 384 g/mol. The number of aliphatic hydroxyl groups is 3. The second-order valence-electron chi connectivity index (χ2n) is 7.87. The lowest BCUT2D eigenvalue weighted by molar-refractivity contribution is -0.315. The number of benzene rings is 2. The van der Waals surface area contributed by atoms with Gasteiger partial charge in [-0.1, -0.05) is 30.2 Å². The van der Waals surface area contributed by atoms with Crippen molar-refractivity contribution in [3.63, 3.8) is 0 Å². The molecular formula is C24H26O6. The van der Waals surface area contributed by atoms with Crippen LogP contribution in [-0.2, 0) is 21.7 Å². The van der Waals surface area contributed by atoms with E-state index in [9.17, 15) is 15.3 Å². The minimum atomic E-state index is -1.63. The predicted molar refractivity (Wildman–Crippen MR) is 110 cm³/mol. The molecule has 2 aliphatic rings. The van der Waals surface area contributed by atoms with E-state index in [2.05, 4.69) is 5.92 Å². The summed E-state index contributed by atoms with van der Waals surface area (Å²) >= 11 is 0. The first-order valence-corrected chi connectivity index (χ1v) is 10.0. The number of aliphatic hydroxyl groups excluding tert-OH is 3. The van der Waals surface area contributed by atoms with E-state index in [0.717, 1.165) is 22.4 Å². The van der Waals surface area contributed by atoms with Gasteiger partial charge in [-0.25, -0.2) is 0 Å². The number of fused-ring (bicyclic) bond motifs is 2. The number of terminal acetylenes is 1. The third kappa shape index (κ3) is 3.20. The Kier molecular flexibility index (Phi) is 5.35. The van der Waals surface area contributed by atoms with Crippen LogP contribution in [0.25, 0.3) is 0 Å². The minimum absolute atomic E-state index is 0.124. The Morgan fingerprint density at radius 3 is 2.53 bits per heavy atom. The highest BCUT2D eigenvalue weighted by atomic mass is 16.8. The third-order valence-corrected chi connectivity index (χ3v) is 5.97. The molecule has 2 bridgehead atoms. The van der Waals surface area contributed by atoms with Crippen LogP contribution in [0.1, 0.15) is 29.2 Å². The Bertz CT molecular complexity index is 965. The summed E-state index contributed by atoms with van der Waals surface area (Å²) in [7, 11) is 0. The van der Waals surface area contributed by atoms with Gasteiger partial charge < -0.3 is 29.5 Å². The fraction of sp³-hybridized carbons (Fsp3) is 0.417. The minimum Gasteiger partial charge on any atom is -0.494 e. The van der Waals surface area contributed by atoms with E-state index >= 15 is 0 Å². The molecule has 158 valence electrons. The average Bonchev–Trinajstić information content (AvgIpc) is 3.14. The highest BCUT2D eigenvalue weighted by molar-refractivity contribution is 5.40. The van der Waals surface area contributed by atoms with Crippen molar-refractivity contribution in [2.45, 2.75) is 50.0 Å². The van der Waals surface area contributed by atoms with Gasteiger partial charge >= 0.3 is 0 Å². The van der Waals surface area contributed by atoms with E-state index in [-0.39, 0.29) is 6.61 Å². The number of hydrogen-bond acceptors (Lipinski definition) is 6. The lowest BCUT2D eigenvalue weighted by atomic mass is 9.83. The molecule has 6 heteroatoms. The van der Waals surface area contributed by atoms with Crippen LogP contribution >= 0.6 is 0 Å². The maximum absolute atomic E-state index is 10.7. The van der Waals surface area contributed by atoms with Crippen molar-refractivity contribution in [1.82, 2.24) is 0 Å². The van der Waals surface area contributed by atoms with E-state index < -0.39 is 29.7 Å². The van der Waals surface area contributed by atoms with Gasteiger partial charge in [0.25, 0.3) is 0 Å². The molecule has 0 radical (unpaired) electrons. The van der Waals surface area contributed by atoms with Gasteiger partial charge in [-0.3, -0.25) is 0 Å². The molecule has 3 N–H and O–H groups in total. The Morgan fingerprint density at radius 1 is 1.13 bits per heavy atom. The normalized spacial score (nSPS) is 32.6. The van der Waals surface area contributed by atoms with Crippen LogP contribution in [0, 0.1) is 19.3 Å². The summed E-state index contributed by atoms with van der Waals surface area (Å²) in [4.78, 5) is 0. The summed E-state index contributed by atoms with van der Waals surface area (Å²) in [5.41, 5.74) is 2.23. The second-order valence-corrected chi connectivity index (χ2v) is 7.87. The zero-order valence-electron chi connectivity index (χ0n) is 17.0. The molecule has 2 fully saturated rings. The smallest absolute Gasteiger partial charge is 0.226 e. The Morgan fingerprint density at radius 2 is 1.87 bits per heavy atom. The topological polar surface area (TPSA) is 88.4 Å². The van der Waals surface area contributed by atoms with Crippen LogP contribution in [0.15, 0.2) is 42.5 Å². The quantitative estimate of drug-likeness (QED) is 0.650. The molecule has 0 aliphatic carbocycles. The molecule has 4 rings (SSSR count). The zero-order valence-corrected chi connectivity index (χ0v) is 17.0. The first kappa shape index (κ1) is 20.9. The van der Waals surface area contributed by atoms with Gasteiger partial charge in [-0.15, -0.1) is 6.42 Å². The fourth-order valence-corrected chi connectivity index (χ4v) is 4.15. The highest BCUT2D eigenvalue weighted by Gasteiger charge is 2.66. The maximum atomic E-state index is 10.7. The predicted octanol–water partition coefficient (Wildman–Crippen LogP) is 1.65. The van der Waals surface area contributed by atoms with Gasteiger partial charge in [0.1, 0.15) is 24.1 Å². The molecule has 0 saturated carbocycles. The standard InChI is InChI=1S/C24H26O6/c1-4-23-14-29-24(30-23,22(27)20(25)21(23)26)18-9-6-15(3)17(13-18)12-16-7-10-19(11-8-16)28-5-2/h1,6-11,13,20-22,25-27H,5,12,14H2,2-3H3/t20-,21-,22+,23-,24-/m0/s1. The lowest BCUT2D eigenvalue weighted by Crippen LogP contribution is -2.63. The van der Waals surface area contributed by atoms with Crippen molar-refractivity contribution in [1.29, 1.82) is 0 Å². The second kappa shape index (κ2) is 7.69. The highest BCUT2D eigenvalue weighted by Crippen LogP contribution is 2.49. The summed E-state index contributed by atoms with van der Waals surface area (Å²) in [6.45, 7) is 4.44. The summed E-state index contributed by atoms with van der Waals surface area (Å²) in [5, 5.41) is 31.5. The lowest BCUT2D eigenvalue weighted by Gasteiger charge is -2.44. The first-order chi connectivity index (χ1) is 14.3. The van der Waals surface area contributed by atoms with Gasteiger partial charge in [-0.05, 0) is 55.2 Å². The van der Waals surface area contributed by atoms with Crippen molar-refractivity contribution >= 4 is 0 Å². The Hall–Kier alpha value is -2.40. The van der Waals surface area contributed by atoms with Crippen LogP contribution in [0.2, 0.25) is 0 Å². The van der Waals surface area contributed by atoms with Gasteiger partial charge in [-0.2, -0.15) is 0 Å². The van der Waals surface area contributed by atoms with Crippen LogP contribution in [0.5, 0.6) is 5.75 Å². The number of aryl methyl sites for hydroxylation is 1. The maximum Gasteiger partial charge on any atom is 0.226 e. The SMILES string of the molecule is C#C[C@@]12CO[C@@](c3ccc(C)c(Cc4ccc(OCC)cc4)c3)(O1)[C@H](O)[C@@H](O)[C@@H]2O. The molecule has 2 aromatic carbocycles. The van der Waals surface area contributed by atoms with E-state index in [0.29, 0.717) is 18.6 Å². The molecule has 0 spiro atoms. The molecule has 0 amide bonds. The van der Waals surface area contributed by atoms with Crippen molar-refractivity contribution < 1.29 is 29.5 Å². The molecule has 0 aromatic heterocycles. The Labute approximate surface area is 176 Å². The molecule has 5 atom stereocenters. The summed E-state index contributed by atoms with van der Waals surface area (Å²) in [6.07, 6.45) is 1.82. The van der Waals surface area contributed by atoms with Crippen molar-refractivity contribution in [2.24, 2.45) is 0 Å². The van der Waals surface area contributed by atoms with Crippen molar-refractivity contribution in [3.05, 3.63) is 64.7 Å². The zero-order chi connectivity index (χ0) is 21.5. The average molecular weight is 410 g/mol. The van der Waals surface area contributed by atoms with Gasteiger partial charge in [0.2, 0.25) is 5.79 Å². The van der Waals surface area contributed by atoms with Crippen LogP contribution in [-0.4, -0.2) is 52.4 Å². The fourth-order valence-electron chi connectivity index (χ4n) is 4.15. The van der Waals surface area contributed by atoms with Crippen molar-refractivity contribution in [3.8, 4) is 18.1 Å². The van der Waals surface area contributed by atoms with E-state index in [1.165, 1.54) is 0 Å². The molecule has 0 unspecified atom stereocenters. The van der Waals surface area contributed by atoms with Crippen molar-refractivity contribution in [2.75, 3.05) is 13.2 Å².